The molecule has 1 rings (SSSR count). The van der Waals surface area contributed by atoms with Gasteiger partial charge in [-0.3, -0.25) is 0 Å². The molecule has 0 amide bonds. The fourth-order valence-electron chi connectivity index (χ4n) is 5.16. The second kappa shape index (κ2) is 5.80. The van der Waals surface area contributed by atoms with Gasteiger partial charge in [-0.25, -0.2) is 0 Å². The summed E-state index contributed by atoms with van der Waals surface area (Å²) in [5, 5.41) is 0. The Bertz CT molecular complexity index is 228. The summed E-state index contributed by atoms with van der Waals surface area (Å²) in [5.41, 5.74) is 3.28. The van der Waals surface area contributed by atoms with Crippen molar-refractivity contribution in [2.45, 2.75) is 90.0 Å². The Morgan fingerprint density at radius 3 is 1.44 bits per heavy atom. The van der Waals surface area contributed by atoms with Gasteiger partial charge in [0.2, 0.25) is 0 Å². The van der Waals surface area contributed by atoms with Crippen LogP contribution in [0.3, 0.4) is 0 Å². The van der Waals surface area contributed by atoms with Gasteiger partial charge in [0.25, 0.3) is 0 Å². The van der Waals surface area contributed by atoms with Gasteiger partial charge in [-0.15, -0.1) is 0 Å². The first-order chi connectivity index (χ1) is 8.23. The first-order valence-corrected chi connectivity index (χ1v) is 13.3. The summed E-state index contributed by atoms with van der Waals surface area (Å²) in [4.78, 5) is 0. The zero-order valence-electron chi connectivity index (χ0n) is 13.8. The van der Waals surface area contributed by atoms with Crippen LogP contribution in [0.15, 0.2) is 0 Å². The van der Waals surface area contributed by atoms with Crippen molar-refractivity contribution in [2.75, 3.05) is 6.61 Å². The van der Waals surface area contributed by atoms with Crippen molar-refractivity contribution < 1.29 is 4.43 Å². The molecule has 0 aromatic carbocycles. The minimum Gasteiger partial charge on any atom is -0.419 e. The van der Waals surface area contributed by atoms with E-state index in [1.54, 1.807) is 0 Å². The lowest BCUT2D eigenvalue weighted by atomic mass is 10.5. The van der Waals surface area contributed by atoms with E-state index in [9.17, 15) is 0 Å². The van der Waals surface area contributed by atoms with Crippen LogP contribution < -0.4 is 0 Å². The average Bonchev–Trinajstić information content (AvgIpc) is 2.27. The topological polar surface area (TPSA) is 9.23 Å². The first-order valence-electron chi connectivity index (χ1n) is 7.87. The summed E-state index contributed by atoms with van der Waals surface area (Å²) in [5.74, 6) is 0. The van der Waals surface area contributed by atoms with Crippen LogP contribution in [0.2, 0.25) is 28.2 Å². The van der Waals surface area contributed by atoms with Crippen molar-refractivity contribution in [2.24, 2.45) is 0 Å². The molecule has 108 valence electrons. The third-order valence-electron chi connectivity index (χ3n) is 5.58. The minimum absolute atomic E-state index is 0.772. The summed E-state index contributed by atoms with van der Waals surface area (Å²) in [6, 6.07) is 1.52. The monoisotopic (exact) mass is 286 g/mol. The molecule has 1 aliphatic heterocycles. The maximum Gasteiger partial charge on any atom is 0.185 e. The standard InChI is InChI=1S/C15H34OSi2/c1-12(2)17(13(3)4)11-9-10-16-18(17,14(5)6)15(7)8/h12-15H,9-11H2,1-8H3. The van der Waals surface area contributed by atoms with Gasteiger partial charge in [-0.1, -0.05) is 72.5 Å². The Labute approximate surface area is 117 Å². The van der Waals surface area contributed by atoms with Crippen LogP contribution >= 0.6 is 0 Å². The number of hydrogen-bond acceptors (Lipinski definition) is 1. The third-order valence-corrected chi connectivity index (χ3v) is 28.9. The maximum absolute atomic E-state index is 6.73. The summed E-state index contributed by atoms with van der Waals surface area (Å²) in [7, 11) is -2.93. The highest BCUT2D eigenvalue weighted by molar-refractivity contribution is 7.42. The molecule has 0 atom stereocenters. The molecule has 1 saturated heterocycles. The largest absolute Gasteiger partial charge is 0.419 e. The van der Waals surface area contributed by atoms with Crippen molar-refractivity contribution >= 4 is 15.4 Å². The van der Waals surface area contributed by atoms with Crippen molar-refractivity contribution in [3.8, 4) is 0 Å². The second-order valence-corrected chi connectivity index (χ2v) is 21.6. The Kier molecular flexibility index (Phi) is 5.30. The highest BCUT2D eigenvalue weighted by Gasteiger charge is 2.63. The van der Waals surface area contributed by atoms with E-state index in [4.69, 9.17) is 4.43 Å². The zero-order valence-corrected chi connectivity index (χ0v) is 15.8. The highest BCUT2D eigenvalue weighted by atomic mass is 29.3. The van der Waals surface area contributed by atoms with Crippen molar-refractivity contribution in [3.63, 3.8) is 0 Å². The molecule has 0 aromatic heterocycles. The smallest absolute Gasteiger partial charge is 0.185 e. The lowest BCUT2D eigenvalue weighted by Gasteiger charge is -2.59. The van der Waals surface area contributed by atoms with E-state index in [1.165, 1.54) is 12.5 Å². The van der Waals surface area contributed by atoms with E-state index >= 15 is 0 Å². The molecule has 0 aliphatic carbocycles. The Hall–Kier alpha value is 0.394. The zero-order chi connectivity index (χ0) is 14.1. The summed E-state index contributed by atoms with van der Waals surface area (Å²) < 4.78 is 6.73. The Morgan fingerprint density at radius 2 is 1.17 bits per heavy atom. The van der Waals surface area contributed by atoms with Crippen LogP contribution in [0.25, 0.3) is 0 Å². The lowest BCUT2D eigenvalue weighted by Crippen LogP contribution is -2.73. The molecule has 3 heteroatoms. The summed E-state index contributed by atoms with van der Waals surface area (Å²) in [6.45, 7) is 20.8. The SMILES string of the molecule is CC(C)[Si]1(C(C)C)CCCO[Si]1(C(C)C)C(C)C. The molecule has 0 N–H and O–H groups in total. The van der Waals surface area contributed by atoms with E-state index in [2.05, 4.69) is 55.4 Å². The molecule has 1 aliphatic rings. The van der Waals surface area contributed by atoms with Crippen LogP contribution in [0.4, 0.5) is 0 Å². The summed E-state index contributed by atoms with van der Waals surface area (Å²) >= 11 is 0. The molecule has 0 saturated carbocycles. The van der Waals surface area contributed by atoms with Gasteiger partial charge in [0, 0.05) is 6.61 Å². The van der Waals surface area contributed by atoms with Crippen LogP contribution in [0.1, 0.15) is 61.8 Å². The second-order valence-electron chi connectivity index (χ2n) is 7.40. The maximum atomic E-state index is 6.73. The number of hydrogen-bond donors (Lipinski definition) is 0. The Balaban J connectivity index is 3.41. The quantitative estimate of drug-likeness (QED) is 0.618. The van der Waals surface area contributed by atoms with Crippen LogP contribution in [-0.4, -0.2) is 22.0 Å². The van der Waals surface area contributed by atoms with Gasteiger partial charge in [0.15, 0.2) is 7.83 Å². The number of rotatable bonds is 4. The van der Waals surface area contributed by atoms with Gasteiger partial charge in [-0.2, -0.15) is 0 Å². The molecule has 0 unspecified atom stereocenters. The van der Waals surface area contributed by atoms with E-state index in [1.807, 2.05) is 0 Å². The van der Waals surface area contributed by atoms with E-state index in [-0.39, 0.29) is 0 Å². The molecule has 18 heavy (non-hydrogen) atoms. The van der Waals surface area contributed by atoms with E-state index < -0.39 is 15.4 Å². The fraction of sp³-hybridized carbons (Fsp3) is 1.00. The van der Waals surface area contributed by atoms with Gasteiger partial charge in [-0.05, 0) is 17.5 Å². The minimum atomic E-state index is -1.60. The molecule has 0 bridgehead atoms. The average molecular weight is 287 g/mol. The highest BCUT2D eigenvalue weighted by Crippen LogP contribution is 2.54. The van der Waals surface area contributed by atoms with Gasteiger partial charge in [0.05, 0.1) is 7.59 Å². The Morgan fingerprint density at radius 1 is 0.722 bits per heavy atom. The van der Waals surface area contributed by atoms with E-state index in [0.717, 1.165) is 28.8 Å². The predicted molar refractivity (Wildman–Crippen MR) is 87.3 cm³/mol. The van der Waals surface area contributed by atoms with Crippen molar-refractivity contribution in [1.29, 1.82) is 0 Å². The first kappa shape index (κ1) is 16.4. The van der Waals surface area contributed by atoms with Crippen molar-refractivity contribution in [1.82, 2.24) is 0 Å². The van der Waals surface area contributed by atoms with Gasteiger partial charge < -0.3 is 4.43 Å². The van der Waals surface area contributed by atoms with Crippen LogP contribution in [0.5, 0.6) is 0 Å². The molecule has 1 heterocycles. The molecule has 1 nitrogen and oxygen atoms in total. The normalized spacial score (nSPS) is 23.3. The fourth-order valence-corrected chi connectivity index (χ4v) is 30.1. The predicted octanol–water partition coefficient (Wildman–Crippen LogP) is 5.52. The molecule has 1 fully saturated rings. The van der Waals surface area contributed by atoms with Crippen LogP contribution in [0, 0.1) is 0 Å². The van der Waals surface area contributed by atoms with Gasteiger partial charge in [0.1, 0.15) is 0 Å². The third kappa shape index (κ3) is 2.16. The summed E-state index contributed by atoms with van der Waals surface area (Å²) in [6.07, 6.45) is 1.32. The lowest BCUT2D eigenvalue weighted by molar-refractivity contribution is 0.284. The molecular weight excluding hydrogens is 252 g/mol. The molecule has 0 radical (unpaired) electrons. The van der Waals surface area contributed by atoms with Crippen molar-refractivity contribution in [3.05, 3.63) is 0 Å². The molecule has 0 spiro atoms. The molecular formula is C15H34OSi2. The van der Waals surface area contributed by atoms with Gasteiger partial charge >= 0.3 is 0 Å². The van der Waals surface area contributed by atoms with Crippen LogP contribution in [-0.2, 0) is 4.43 Å². The molecule has 0 aromatic rings. The van der Waals surface area contributed by atoms with E-state index in [0.29, 0.717) is 0 Å².